The van der Waals surface area contributed by atoms with Gasteiger partial charge in [0, 0.05) is 41.9 Å². The fourth-order valence-corrected chi connectivity index (χ4v) is 3.38. The van der Waals surface area contributed by atoms with Crippen LogP contribution in [0.15, 0.2) is 18.2 Å². The minimum Gasteiger partial charge on any atom is -0.323 e. The molecule has 1 aromatic carbocycles. The van der Waals surface area contributed by atoms with Crippen LogP contribution in [-0.4, -0.2) is 48.6 Å². The molecule has 22 heavy (non-hydrogen) atoms. The Bertz CT molecular complexity index is 528. The second kappa shape index (κ2) is 7.07. The van der Waals surface area contributed by atoms with Crippen molar-refractivity contribution in [2.75, 3.05) is 38.0 Å². The summed E-state index contributed by atoms with van der Waals surface area (Å²) in [4.78, 5) is 16.8. The van der Waals surface area contributed by atoms with Gasteiger partial charge in [-0.25, -0.2) is 4.79 Å². The van der Waals surface area contributed by atoms with Crippen molar-refractivity contribution < 1.29 is 4.79 Å². The highest BCUT2D eigenvalue weighted by Gasteiger charge is 2.26. The van der Waals surface area contributed by atoms with Gasteiger partial charge in [0.1, 0.15) is 0 Å². The van der Waals surface area contributed by atoms with Crippen molar-refractivity contribution in [2.24, 2.45) is 5.92 Å². The van der Waals surface area contributed by atoms with Crippen molar-refractivity contribution in [3.63, 3.8) is 0 Å². The van der Waals surface area contributed by atoms with E-state index in [1.54, 1.807) is 18.2 Å². The summed E-state index contributed by atoms with van der Waals surface area (Å²) in [7, 11) is 0. The maximum Gasteiger partial charge on any atom is 0.321 e. The molecule has 1 saturated heterocycles. The van der Waals surface area contributed by atoms with Crippen LogP contribution in [0.4, 0.5) is 10.5 Å². The highest BCUT2D eigenvalue weighted by atomic mass is 35.5. The summed E-state index contributed by atoms with van der Waals surface area (Å²) >= 11 is 11.9. The molecule has 0 radical (unpaired) electrons. The first-order valence-electron chi connectivity index (χ1n) is 7.84. The van der Waals surface area contributed by atoms with E-state index < -0.39 is 0 Å². The Hall–Kier alpha value is -0.970. The van der Waals surface area contributed by atoms with Crippen LogP contribution in [-0.2, 0) is 0 Å². The number of nitrogens with one attached hydrogen (secondary N) is 1. The van der Waals surface area contributed by atoms with Crippen LogP contribution in [0.3, 0.4) is 0 Å². The summed E-state index contributed by atoms with van der Waals surface area (Å²) in [5, 5.41) is 3.93. The number of hydrogen-bond acceptors (Lipinski definition) is 2. The van der Waals surface area contributed by atoms with Gasteiger partial charge in [-0.15, -0.1) is 0 Å². The largest absolute Gasteiger partial charge is 0.323 e. The molecule has 2 aliphatic rings. The van der Waals surface area contributed by atoms with Crippen LogP contribution in [0.2, 0.25) is 10.0 Å². The van der Waals surface area contributed by atoms with Gasteiger partial charge in [0.2, 0.25) is 0 Å². The van der Waals surface area contributed by atoms with Gasteiger partial charge in [-0.2, -0.15) is 0 Å². The number of amides is 2. The number of urea groups is 1. The molecule has 0 unspecified atom stereocenters. The SMILES string of the molecule is O=C(Nc1cc(Cl)cc(Cl)c1)N1CCCN(CC2CC2)CC1. The number of carbonyl (C=O) groups excluding carboxylic acids is 1. The molecule has 120 valence electrons. The Morgan fingerprint density at radius 2 is 1.82 bits per heavy atom. The molecule has 2 fully saturated rings. The van der Waals surface area contributed by atoms with Crippen molar-refractivity contribution in [3.8, 4) is 0 Å². The first kappa shape index (κ1) is 15.9. The first-order valence-corrected chi connectivity index (χ1v) is 8.60. The number of benzene rings is 1. The number of halogens is 2. The molecule has 4 nitrogen and oxygen atoms in total. The van der Waals surface area contributed by atoms with Gasteiger partial charge in [0.25, 0.3) is 0 Å². The lowest BCUT2D eigenvalue weighted by molar-refractivity contribution is 0.211. The third-order valence-corrected chi connectivity index (χ3v) is 4.64. The van der Waals surface area contributed by atoms with Gasteiger partial charge in [0.15, 0.2) is 0 Å². The molecule has 0 atom stereocenters. The van der Waals surface area contributed by atoms with Crippen molar-refractivity contribution in [3.05, 3.63) is 28.2 Å². The summed E-state index contributed by atoms with van der Waals surface area (Å²) in [5.41, 5.74) is 0.640. The van der Waals surface area contributed by atoms with E-state index in [2.05, 4.69) is 10.2 Å². The Kier molecular flexibility index (Phi) is 5.11. The van der Waals surface area contributed by atoms with Crippen LogP contribution >= 0.6 is 23.2 Å². The molecule has 2 amide bonds. The summed E-state index contributed by atoms with van der Waals surface area (Å²) < 4.78 is 0. The van der Waals surface area contributed by atoms with Gasteiger partial charge < -0.3 is 15.1 Å². The highest BCUT2D eigenvalue weighted by Crippen LogP contribution is 2.30. The maximum absolute atomic E-state index is 12.4. The maximum atomic E-state index is 12.4. The Labute approximate surface area is 141 Å². The van der Waals surface area contributed by atoms with Crippen LogP contribution in [0, 0.1) is 5.92 Å². The summed E-state index contributed by atoms with van der Waals surface area (Å²) in [5.74, 6) is 0.897. The molecule has 0 spiro atoms. The lowest BCUT2D eigenvalue weighted by Gasteiger charge is -2.22. The van der Waals surface area contributed by atoms with Crippen LogP contribution < -0.4 is 5.32 Å². The molecule has 1 aliphatic heterocycles. The molecule has 1 N–H and O–H groups in total. The van der Waals surface area contributed by atoms with Crippen LogP contribution in [0.25, 0.3) is 0 Å². The van der Waals surface area contributed by atoms with Gasteiger partial charge in [-0.05, 0) is 49.9 Å². The Morgan fingerprint density at radius 1 is 1.09 bits per heavy atom. The molecule has 1 heterocycles. The molecule has 0 bridgehead atoms. The molecular weight excluding hydrogens is 321 g/mol. The third kappa shape index (κ3) is 4.51. The van der Waals surface area contributed by atoms with Gasteiger partial charge >= 0.3 is 6.03 Å². The molecule has 3 rings (SSSR count). The van der Waals surface area contributed by atoms with E-state index in [-0.39, 0.29) is 6.03 Å². The van der Waals surface area contributed by atoms with E-state index in [1.807, 2.05) is 4.90 Å². The van der Waals surface area contributed by atoms with Gasteiger partial charge in [-0.1, -0.05) is 23.2 Å². The van der Waals surface area contributed by atoms with Gasteiger partial charge in [-0.3, -0.25) is 0 Å². The topological polar surface area (TPSA) is 35.6 Å². The lowest BCUT2D eigenvalue weighted by Crippen LogP contribution is -2.38. The molecular formula is C16H21Cl2N3O. The zero-order valence-electron chi connectivity index (χ0n) is 12.5. The minimum absolute atomic E-state index is 0.0772. The smallest absolute Gasteiger partial charge is 0.321 e. The number of hydrogen-bond donors (Lipinski definition) is 1. The highest BCUT2D eigenvalue weighted by molar-refractivity contribution is 6.35. The average Bonchev–Trinajstić information content (AvgIpc) is 3.25. The zero-order chi connectivity index (χ0) is 15.5. The first-order chi connectivity index (χ1) is 10.6. The third-order valence-electron chi connectivity index (χ3n) is 4.20. The second-order valence-corrected chi connectivity index (χ2v) is 7.05. The predicted molar refractivity (Wildman–Crippen MR) is 90.8 cm³/mol. The number of rotatable bonds is 3. The van der Waals surface area contributed by atoms with Crippen LogP contribution in [0.5, 0.6) is 0 Å². The normalized spacial score (nSPS) is 19.8. The standard InChI is InChI=1S/C16H21Cl2N3O/c17-13-8-14(18)10-15(9-13)19-16(22)21-5-1-4-20(6-7-21)11-12-2-3-12/h8-10,12H,1-7,11H2,(H,19,22). The lowest BCUT2D eigenvalue weighted by atomic mass is 10.3. The Morgan fingerprint density at radius 3 is 2.50 bits per heavy atom. The minimum atomic E-state index is -0.0772. The zero-order valence-corrected chi connectivity index (χ0v) is 14.0. The predicted octanol–water partition coefficient (Wildman–Crippen LogP) is 3.94. The molecule has 1 saturated carbocycles. The average molecular weight is 342 g/mol. The van der Waals surface area contributed by atoms with Crippen molar-refractivity contribution in [1.82, 2.24) is 9.80 Å². The summed E-state index contributed by atoms with van der Waals surface area (Å²) in [6.07, 6.45) is 3.77. The van der Waals surface area contributed by atoms with E-state index in [0.717, 1.165) is 38.5 Å². The van der Waals surface area contributed by atoms with E-state index in [9.17, 15) is 4.79 Å². The van der Waals surface area contributed by atoms with Crippen LogP contribution in [0.1, 0.15) is 19.3 Å². The Balaban J connectivity index is 1.55. The number of carbonyl (C=O) groups is 1. The van der Waals surface area contributed by atoms with E-state index in [0.29, 0.717) is 15.7 Å². The van der Waals surface area contributed by atoms with Crippen molar-refractivity contribution in [2.45, 2.75) is 19.3 Å². The van der Waals surface area contributed by atoms with E-state index in [4.69, 9.17) is 23.2 Å². The van der Waals surface area contributed by atoms with E-state index >= 15 is 0 Å². The second-order valence-electron chi connectivity index (χ2n) is 6.17. The number of anilines is 1. The molecule has 1 aromatic rings. The molecule has 6 heteroatoms. The summed E-state index contributed by atoms with van der Waals surface area (Å²) in [6, 6.07) is 5.00. The molecule has 0 aromatic heterocycles. The van der Waals surface area contributed by atoms with E-state index in [1.165, 1.54) is 19.4 Å². The van der Waals surface area contributed by atoms with Gasteiger partial charge in [0.05, 0.1) is 0 Å². The quantitative estimate of drug-likeness (QED) is 0.903. The van der Waals surface area contributed by atoms with Crippen molar-refractivity contribution >= 4 is 34.9 Å². The molecule has 1 aliphatic carbocycles. The fraction of sp³-hybridized carbons (Fsp3) is 0.562. The fourth-order valence-electron chi connectivity index (χ4n) is 2.85. The number of nitrogens with zero attached hydrogens (tertiary/aromatic N) is 2. The van der Waals surface area contributed by atoms with Crippen molar-refractivity contribution in [1.29, 1.82) is 0 Å². The monoisotopic (exact) mass is 341 g/mol. The summed E-state index contributed by atoms with van der Waals surface area (Å²) in [6.45, 7) is 4.80.